The van der Waals surface area contributed by atoms with Crippen molar-refractivity contribution in [3.8, 4) is 11.4 Å². The van der Waals surface area contributed by atoms with E-state index >= 15 is 0 Å². The average Bonchev–Trinajstić information content (AvgIpc) is 2.81. The summed E-state index contributed by atoms with van der Waals surface area (Å²) in [5.41, 5.74) is 5.05. The lowest BCUT2D eigenvalue weighted by Crippen LogP contribution is -2.30. The second-order valence-electron chi connectivity index (χ2n) is 5.65. The van der Waals surface area contributed by atoms with Crippen molar-refractivity contribution in [3.05, 3.63) is 48.5 Å². The number of benzene rings is 2. The highest BCUT2D eigenvalue weighted by Gasteiger charge is 2.21. The molecule has 0 bridgehead atoms. The van der Waals surface area contributed by atoms with Gasteiger partial charge in [0.05, 0.1) is 19.7 Å². The van der Waals surface area contributed by atoms with Gasteiger partial charge >= 0.3 is 0 Å². The lowest BCUT2D eigenvalue weighted by molar-refractivity contribution is -0.634. The Balaban J connectivity index is 2.08. The van der Waals surface area contributed by atoms with E-state index in [-0.39, 0.29) is 0 Å². The minimum absolute atomic E-state index is 1.04. The molecule has 0 aliphatic carbocycles. The van der Waals surface area contributed by atoms with Crippen LogP contribution in [0.5, 0.6) is 0 Å². The Hall–Kier alpha value is -2.29. The van der Waals surface area contributed by atoms with Crippen molar-refractivity contribution in [2.24, 2.45) is 14.1 Å². The molecule has 0 spiro atoms. The van der Waals surface area contributed by atoms with Crippen LogP contribution in [0.1, 0.15) is 13.8 Å². The predicted octanol–water partition coefficient (Wildman–Crippen LogP) is 3.52. The van der Waals surface area contributed by atoms with Crippen molar-refractivity contribution in [1.82, 2.24) is 4.57 Å². The van der Waals surface area contributed by atoms with Crippen molar-refractivity contribution >= 4 is 16.7 Å². The van der Waals surface area contributed by atoms with E-state index in [2.05, 4.69) is 90.5 Å². The SMILES string of the molecule is CCN(CC)c1ccc(-c2n(C)c3ccccc3[n+]2C)cc1. The van der Waals surface area contributed by atoms with Gasteiger partial charge in [0.2, 0.25) is 0 Å². The van der Waals surface area contributed by atoms with E-state index in [4.69, 9.17) is 0 Å². The standard InChI is InChI=1S/C19H24N3/c1-5-22(6-2)16-13-11-15(12-14-16)19-20(3)17-9-7-8-10-18(17)21(19)4/h7-14H,5-6H2,1-4H3/q+1. The average molecular weight is 294 g/mol. The van der Waals surface area contributed by atoms with Crippen LogP contribution in [0.2, 0.25) is 0 Å². The lowest BCUT2D eigenvalue weighted by atomic mass is 10.1. The first-order chi connectivity index (χ1) is 10.7. The molecular weight excluding hydrogens is 270 g/mol. The fourth-order valence-corrected chi connectivity index (χ4v) is 3.28. The second-order valence-corrected chi connectivity index (χ2v) is 5.65. The largest absolute Gasteiger partial charge is 0.372 e. The summed E-state index contributed by atoms with van der Waals surface area (Å²) in [4.78, 5) is 2.37. The first-order valence-electron chi connectivity index (χ1n) is 7.96. The van der Waals surface area contributed by atoms with Crippen LogP contribution in [0, 0.1) is 0 Å². The van der Waals surface area contributed by atoms with Gasteiger partial charge in [0.25, 0.3) is 5.82 Å². The molecule has 0 N–H and O–H groups in total. The highest BCUT2D eigenvalue weighted by Crippen LogP contribution is 2.24. The summed E-state index contributed by atoms with van der Waals surface area (Å²) in [6.07, 6.45) is 0. The third-order valence-electron chi connectivity index (χ3n) is 4.49. The third-order valence-corrected chi connectivity index (χ3v) is 4.49. The molecule has 3 nitrogen and oxygen atoms in total. The molecule has 0 aliphatic heterocycles. The molecule has 3 rings (SSSR count). The number of anilines is 1. The van der Waals surface area contributed by atoms with Gasteiger partial charge in [-0.1, -0.05) is 12.1 Å². The minimum atomic E-state index is 1.04. The number of aromatic nitrogens is 2. The summed E-state index contributed by atoms with van der Waals surface area (Å²) in [5, 5.41) is 0. The Morgan fingerprint density at radius 1 is 0.955 bits per heavy atom. The zero-order valence-corrected chi connectivity index (χ0v) is 13.9. The zero-order valence-electron chi connectivity index (χ0n) is 13.9. The quantitative estimate of drug-likeness (QED) is 0.671. The topological polar surface area (TPSA) is 12.1 Å². The summed E-state index contributed by atoms with van der Waals surface area (Å²) < 4.78 is 4.53. The van der Waals surface area contributed by atoms with E-state index in [1.807, 2.05) is 0 Å². The Morgan fingerprint density at radius 3 is 2.18 bits per heavy atom. The van der Waals surface area contributed by atoms with Gasteiger partial charge in [-0.2, -0.15) is 0 Å². The van der Waals surface area contributed by atoms with Gasteiger partial charge in [-0.05, 0) is 50.2 Å². The molecule has 0 saturated carbocycles. The maximum absolute atomic E-state index is 2.37. The highest BCUT2D eigenvalue weighted by atomic mass is 15.1. The van der Waals surface area contributed by atoms with Crippen LogP contribution < -0.4 is 9.47 Å². The van der Waals surface area contributed by atoms with Gasteiger partial charge in [-0.3, -0.25) is 0 Å². The molecule has 0 aliphatic rings. The number of para-hydroxylation sites is 2. The van der Waals surface area contributed by atoms with E-state index in [9.17, 15) is 0 Å². The molecule has 1 aromatic heterocycles. The normalized spacial score (nSPS) is 11.1. The van der Waals surface area contributed by atoms with E-state index in [1.165, 1.54) is 28.1 Å². The summed E-state index contributed by atoms with van der Waals surface area (Å²) in [6.45, 7) is 6.47. The molecular formula is C19H24N3+. The Labute approximate surface area is 132 Å². The molecule has 0 amide bonds. The second kappa shape index (κ2) is 5.84. The van der Waals surface area contributed by atoms with Gasteiger partial charge in [-0.25, -0.2) is 9.13 Å². The van der Waals surface area contributed by atoms with Gasteiger partial charge in [0.1, 0.15) is 0 Å². The molecule has 0 fully saturated rings. The Morgan fingerprint density at radius 2 is 1.59 bits per heavy atom. The molecule has 0 radical (unpaired) electrons. The molecule has 1 heterocycles. The Bertz CT molecular complexity index is 741. The molecule has 3 heteroatoms. The van der Waals surface area contributed by atoms with Crippen molar-refractivity contribution in [2.75, 3.05) is 18.0 Å². The van der Waals surface area contributed by atoms with E-state index in [0.29, 0.717) is 0 Å². The minimum Gasteiger partial charge on any atom is -0.372 e. The fourth-order valence-electron chi connectivity index (χ4n) is 3.28. The van der Waals surface area contributed by atoms with Crippen LogP contribution in [0.15, 0.2) is 48.5 Å². The zero-order chi connectivity index (χ0) is 15.7. The molecule has 114 valence electrons. The first-order valence-corrected chi connectivity index (χ1v) is 7.96. The first kappa shape index (κ1) is 14.6. The Kier molecular flexibility index (Phi) is 3.88. The van der Waals surface area contributed by atoms with Crippen molar-refractivity contribution in [2.45, 2.75) is 13.8 Å². The van der Waals surface area contributed by atoms with E-state index in [0.717, 1.165) is 13.1 Å². The fraction of sp³-hybridized carbons (Fsp3) is 0.316. The molecule has 3 aromatic rings. The van der Waals surface area contributed by atoms with Gasteiger partial charge in [0.15, 0.2) is 11.0 Å². The van der Waals surface area contributed by atoms with Gasteiger partial charge in [-0.15, -0.1) is 0 Å². The summed E-state index contributed by atoms with van der Waals surface area (Å²) in [6, 6.07) is 17.4. The van der Waals surface area contributed by atoms with Crippen LogP contribution >= 0.6 is 0 Å². The summed E-state index contributed by atoms with van der Waals surface area (Å²) >= 11 is 0. The number of imidazole rings is 1. The molecule has 2 aromatic carbocycles. The number of rotatable bonds is 4. The van der Waals surface area contributed by atoms with Crippen molar-refractivity contribution in [3.63, 3.8) is 0 Å². The lowest BCUT2D eigenvalue weighted by Gasteiger charge is -2.20. The number of hydrogen-bond donors (Lipinski definition) is 0. The van der Waals surface area contributed by atoms with Gasteiger partial charge in [0, 0.05) is 18.8 Å². The number of hydrogen-bond acceptors (Lipinski definition) is 1. The summed E-state index contributed by atoms with van der Waals surface area (Å²) in [5.74, 6) is 1.23. The van der Waals surface area contributed by atoms with Gasteiger partial charge < -0.3 is 4.90 Å². The van der Waals surface area contributed by atoms with Crippen molar-refractivity contribution in [1.29, 1.82) is 0 Å². The maximum atomic E-state index is 2.37. The number of nitrogens with zero attached hydrogens (tertiary/aromatic N) is 3. The van der Waals surface area contributed by atoms with Crippen LogP contribution in [0.25, 0.3) is 22.4 Å². The third kappa shape index (κ3) is 2.27. The van der Waals surface area contributed by atoms with E-state index in [1.54, 1.807) is 0 Å². The van der Waals surface area contributed by atoms with Crippen LogP contribution in [0.3, 0.4) is 0 Å². The van der Waals surface area contributed by atoms with E-state index < -0.39 is 0 Å². The van der Waals surface area contributed by atoms with Crippen LogP contribution in [-0.4, -0.2) is 17.7 Å². The highest BCUT2D eigenvalue weighted by molar-refractivity contribution is 5.76. The molecule has 22 heavy (non-hydrogen) atoms. The molecule has 0 saturated heterocycles. The predicted molar refractivity (Wildman–Crippen MR) is 93.1 cm³/mol. The van der Waals surface area contributed by atoms with Crippen molar-refractivity contribution < 1.29 is 4.57 Å². The molecule has 0 unspecified atom stereocenters. The smallest absolute Gasteiger partial charge is 0.289 e. The molecule has 0 atom stereocenters. The number of fused-ring (bicyclic) bond motifs is 1. The number of aryl methyl sites for hydroxylation is 2. The van der Waals surface area contributed by atoms with Crippen LogP contribution in [0.4, 0.5) is 5.69 Å². The summed E-state index contributed by atoms with van der Waals surface area (Å²) in [7, 11) is 4.27. The van der Waals surface area contributed by atoms with Crippen LogP contribution in [-0.2, 0) is 14.1 Å². The monoisotopic (exact) mass is 294 g/mol. The maximum Gasteiger partial charge on any atom is 0.289 e.